The number of benzene rings is 2. The topological polar surface area (TPSA) is 101 Å². The molecule has 140 valence electrons. The Hall–Kier alpha value is -2.65. The van der Waals surface area contributed by atoms with Crippen LogP contribution in [0.15, 0.2) is 62.6 Å². The van der Waals surface area contributed by atoms with Crippen LogP contribution in [0, 0.1) is 13.8 Å². The summed E-state index contributed by atoms with van der Waals surface area (Å²) in [5.41, 5.74) is 1.70. The Kier molecular flexibility index (Phi) is 5.33. The first kappa shape index (κ1) is 19.1. The molecule has 3 rings (SSSR count). The number of amides is 1. The van der Waals surface area contributed by atoms with Crippen molar-refractivity contribution in [2.24, 2.45) is 0 Å². The van der Waals surface area contributed by atoms with Crippen molar-refractivity contribution in [3.8, 4) is 0 Å². The number of carbonyl (C=O) groups excluding carboxylic acids is 1. The van der Waals surface area contributed by atoms with E-state index < -0.39 is 15.9 Å². The summed E-state index contributed by atoms with van der Waals surface area (Å²) in [5, 5.41) is 6.26. The molecule has 3 aromatic rings. The summed E-state index contributed by atoms with van der Waals surface area (Å²) in [6.45, 7) is 3.35. The van der Waals surface area contributed by atoms with Gasteiger partial charge in [0.2, 0.25) is 0 Å². The van der Waals surface area contributed by atoms with Crippen molar-refractivity contribution in [1.29, 1.82) is 0 Å². The molecule has 0 saturated heterocycles. The van der Waals surface area contributed by atoms with E-state index in [2.05, 4.69) is 31.1 Å². The fourth-order valence-corrected chi connectivity index (χ4v) is 4.28. The molecular weight excluding hydrogens is 434 g/mol. The van der Waals surface area contributed by atoms with Crippen molar-refractivity contribution in [1.82, 2.24) is 5.16 Å². The van der Waals surface area contributed by atoms with Gasteiger partial charge in [-0.2, -0.15) is 0 Å². The van der Waals surface area contributed by atoms with Crippen molar-refractivity contribution in [3.05, 3.63) is 70.0 Å². The highest BCUT2D eigenvalue weighted by Gasteiger charge is 2.18. The average molecular weight is 450 g/mol. The van der Waals surface area contributed by atoms with Crippen LogP contribution in [0.4, 0.5) is 11.4 Å². The number of nitrogens with zero attached hydrogens (tertiary/aromatic N) is 1. The van der Waals surface area contributed by atoms with E-state index in [1.165, 1.54) is 18.3 Å². The van der Waals surface area contributed by atoms with Gasteiger partial charge in [0.25, 0.3) is 15.9 Å². The molecule has 1 aromatic heterocycles. The third-order valence-corrected chi connectivity index (χ3v) is 5.82. The molecule has 2 N–H and O–H groups in total. The van der Waals surface area contributed by atoms with Gasteiger partial charge in [0, 0.05) is 10.2 Å². The number of nitrogens with one attached hydrogen (secondary N) is 2. The van der Waals surface area contributed by atoms with E-state index in [-0.39, 0.29) is 4.90 Å². The van der Waals surface area contributed by atoms with Crippen LogP contribution in [0.25, 0.3) is 0 Å². The zero-order valence-electron chi connectivity index (χ0n) is 14.5. The first-order valence-corrected chi connectivity index (χ1v) is 10.2. The Morgan fingerprint density at radius 3 is 2.56 bits per heavy atom. The molecule has 0 aliphatic carbocycles. The highest BCUT2D eigenvalue weighted by molar-refractivity contribution is 9.10. The third kappa shape index (κ3) is 4.37. The van der Waals surface area contributed by atoms with Crippen molar-refractivity contribution in [2.45, 2.75) is 18.7 Å². The van der Waals surface area contributed by atoms with E-state index in [0.29, 0.717) is 32.7 Å². The summed E-state index contributed by atoms with van der Waals surface area (Å²) in [5.74, 6) is 0.00563. The zero-order valence-corrected chi connectivity index (χ0v) is 16.9. The largest absolute Gasteiger partial charge is 0.361 e. The van der Waals surface area contributed by atoms with Gasteiger partial charge in [0.05, 0.1) is 16.8 Å². The summed E-state index contributed by atoms with van der Waals surface area (Å²) in [4.78, 5) is 12.4. The number of sulfonamides is 1. The number of rotatable bonds is 5. The Bertz CT molecular complexity index is 1110. The lowest BCUT2D eigenvalue weighted by Crippen LogP contribution is -2.15. The van der Waals surface area contributed by atoms with Crippen LogP contribution in [-0.4, -0.2) is 19.5 Å². The van der Waals surface area contributed by atoms with E-state index in [1.54, 1.807) is 44.2 Å². The van der Waals surface area contributed by atoms with Crippen LogP contribution in [0.2, 0.25) is 0 Å². The van der Waals surface area contributed by atoms with Crippen molar-refractivity contribution < 1.29 is 17.7 Å². The highest BCUT2D eigenvalue weighted by atomic mass is 79.9. The van der Waals surface area contributed by atoms with Crippen molar-refractivity contribution in [3.63, 3.8) is 0 Å². The van der Waals surface area contributed by atoms with Crippen LogP contribution in [0.1, 0.15) is 21.7 Å². The first-order valence-electron chi connectivity index (χ1n) is 7.88. The average Bonchev–Trinajstić information content (AvgIpc) is 3.03. The Morgan fingerprint density at radius 2 is 1.85 bits per heavy atom. The van der Waals surface area contributed by atoms with E-state index in [4.69, 9.17) is 4.52 Å². The number of aromatic nitrogens is 1. The summed E-state index contributed by atoms with van der Waals surface area (Å²) >= 11 is 3.29. The minimum Gasteiger partial charge on any atom is -0.361 e. The predicted molar refractivity (Wildman–Crippen MR) is 105 cm³/mol. The fraction of sp³-hybridized carbons (Fsp3) is 0.111. The lowest BCUT2D eigenvalue weighted by Gasteiger charge is -2.12. The second kappa shape index (κ2) is 7.53. The molecule has 0 atom stereocenters. The van der Waals surface area contributed by atoms with Gasteiger partial charge in [-0.25, -0.2) is 8.42 Å². The maximum atomic E-state index is 12.7. The highest BCUT2D eigenvalue weighted by Crippen LogP contribution is 2.24. The van der Waals surface area contributed by atoms with Crippen LogP contribution >= 0.6 is 15.9 Å². The zero-order chi connectivity index (χ0) is 19.6. The first-order chi connectivity index (χ1) is 12.8. The molecule has 0 unspecified atom stereocenters. The van der Waals surface area contributed by atoms with Crippen molar-refractivity contribution in [2.75, 3.05) is 10.0 Å². The molecule has 0 aliphatic rings. The fourth-order valence-electron chi connectivity index (χ4n) is 2.45. The molecule has 27 heavy (non-hydrogen) atoms. The molecule has 0 saturated carbocycles. The molecule has 7 nitrogen and oxygen atoms in total. The minimum atomic E-state index is -3.78. The Morgan fingerprint density at radius 1 is 1.11 bits per heavy atom. The molecule has 1 amide bonds. The molecular formula is C18H16BrN3O4S. The quantitative estimate of drug-likeness (QED) is 0.610. The maximum absolute atomic E-state index is 12.7. The van der Waals surface area contributed by atoms with Gasteiger partial charge in [0.1, 0.15) is 11.3 Å². The third-order valence-electron chi connectivity index (χ3n) is 3.81. The monoisotopic (exact) mass is 449 g/mol. The number of hydrogen-bond donors (Lipinski definition) is 2. The summed E-state index contributed by atoms with van der Waals surface area (Å²) < 4.78 is 33.5. The van der Waals surface area contributed by atoms with Gasteiger partial charge < -0.3 is 9.84 Å². The van der Waals surface area contributed by atoms with Crippen LogP contribution in [0.3, 0.4) is 0 Å². The van der Waals surface area contributed by atoms with E-state index in [1.807, 2.05) is 0 Å². The summed E-state index contributed by atoms with van der Waals surface area (Å²) in [6.07, 6.45) is 1.33. The number of anilines is 2. The second-order valence-corrected chi connectivity index (χ2v) is 8.41. The molecule has 1 heterocycles. The van der Waals surface area contributed by atoms with Gasteiger partial charge in [-0.3, -0.25) is 9.52 Å². The number of hydrogen-bond acceptors (Lipinski definition) is 5. The minimum absolute atomic E-state index is 0.173. The summed E-state index contributed by atoms with van der Waals surface area (Å²) in [6, 6.07) is 11.5. The normalized spacial score (nSPS) is 11.2. The number of aryl methyl sites for hydroxylation is 2. The SMILES string of the molecule is Cc1ccc(Br)cc1S(=O)(=O)Nc1cccc(NC(=O)c2cnoc2C)c1. The number of halogens is 1. The van der Waals surface area contributed by atoms with Gasteiger partial charge >= 0.3 is 0 Å². The van der Waals surface area contributed by atoms with Crippen molar-refractivity contribution >= 4 is 43.2 Å². The van der Waals surface area contributed by atoms with Gasteiger partial charge in [-0.05, 0) is 49.7 Å². The Labute approximate surface area is 164 Å². The second-order valence-electron chi connectivity index (χ2n) is 5.85. The van der Waals surface area contributed by atoms with E-state index in [0.717, 1.165) is 0 Å². The predicted octanol–water partition coefficient (Wildman–Crippen LogP) is 4.11. The lowest BCUT2D eigenvalue weighted by molar-refractivity contribution is 0.102. The van der Waals surface area contributed by atoms with Crippen LogP contribution in [-0.2, 0) is 10.0 Å². The smallest absolute Gasteiger partial charge is 0.262 e. The van der Waals surface area contributed by atoms with E-state index >= 15 is 0 Å². The van der Waals surface area contributed by atoms with E-state index in [9.17, 15) is 13.2 Å². The van der Waals surface area contributed by atoms with Gasteiger partial charge in [0.15, 0.2) is 0 Å². The molecule has 0 bridgehead atoms. The molecule has 0 spiro atoms. The van der Waals surface area contributed by atoms with Gasteiger partial charge in [-0.1, -0.05) is 33.2 Å². The lowest BCUT2D eigenvalue weighted by atomic mass is 10.2. The van der Waals surface area contributed by atoms with Gasteiger partial charge in [-0.15, -0.1) is 0 Å². The molecule has 0 radical (unpaired) electrons. The molecule has 0 aliphatic heterocycles. The number of carbonyl (C=O) groups is 1. The van der Waals surface area contributed by atoms with Crippen LogP contribution < -0.4 is 10.0 Å². The molecule has 2 aromatic carbocycles. The standard InChI is InChI=1S/C18H16BrN3O4S/c1-11-6-7-13(19)8-17(11)27(24,25)22-15-5-3-4-14(9-15)21-18(23)16-10-20-26-12(16)2/h3-10,22H,1-2H3,(H,21,23). The molecule has 0 fully saturated rings. The maximum Gasteiger partial charge on any atom is 0.262 e. The van der Waals surface area contributed by atoms with Crippen LogP contribution in [0.5, 0.6) is 0 Å². The molecule has 9 heteroatoms. The Balaban J connectivity index is 1.82. The summed E-state index contributed by atoms with van der Waals surface area (Å²) in [7, 11) is -3.78.